The maximum Gasteiger partial charge on any atom is 0.134 e. The fraction of sp³-hybridized carbons (Fsp3) is 0.0690. The summed E-state index contributed by atoms with van der Waals surface area (Å²) in [5, 5.41) is 11.4. The van der Waals surface area contributed by atoms with E-state index >= 15 is 0 Å². The summed E-state index contributed by atoms with van der Waals surface area (Å²) in [6.45, 7) is 0. The number of aryl methyl sites for hydroxylation is 1. The smallest absolute Gasteiger partial charge is 0.134 e. The first kappa shape index (κ1) is 33.5. The van der Waals surface area contributed by atoms with Crippen molar-refractivity contribution in [3.8, 4) is 39.1 Å². The third-order valence-corrected chi connectivity index (χ3v) is 13.3. The fourth-order valence-corrected chi connectivity index (χ4v) is 10.4. The topological polar surface area (TPSA) is 22.4 Å². The average molecular weight is 767 g/mol. The molecule has 60 heavy (non-hydrogen) atoms. The predicted octanol–water partition coefficient (Wildman–Crippen LogP) is 13.5. The van der Waals surface area contributed by atoms with Gasteiger partial charge in [-0.25, -0.2) is 0 Å². The highest BCUT2D eigenvalue weighted by molar-refractivity contribution is 6.15. The van der Waals surface area contributed by atoms with Crippen molar-refractivity contribution in [2.24, 2.45) is 0 Å². The normalized spacial score (nSPS) is 16.4. The Hall–Kier alpha value is -7.42. The van der Waals surface area contributed by atoms with E-state index in [4.69, 9.17) is 9.15 Å². The predicted molar refractivity (Wildman–Crippen MR) is 249 cm³/mol. The lowest BCUT2D eigenvalue weighted by molar-refractivity contribution is 0.285. The molecule has 0 fully saturated rings. The number of benzene rings is 9. The minimum Gasteiger partial charge on any atom is -0.485 e. The van der Waals surface area contributed by atoms with Crippen LogP contribution in [0.15, 0.2) is 180 Å². The van der Waals surface area contributed by atoms with Crippen molar-refractivity contribution >= 4 is 66.9 Å². The van der Waals surface area contributed by atoms with E-state index in [1.807, 2.05) is 0 Å². The van der Waals surface area contributed by atoms with Crippen LogP contribution in [0, 0.1) is 0 Å². The van der Waals surface area contributed by atoms with Crippen LogP contribution in [-0.2, 0) is 6.42 Å². The Balaban J connectivity index is 0.864. The van der Waals surface area contributed by atoms with Gasteiger partial charge in [-0.3, -0.25) is 0 Å². The lowest BCUT2D eigenvalue weighted by Gasteiger charge is -2.16. The number of fused-ring (bicyclic) bond motifs is 12. The van der Waals surface area contributed by atoms with Gasteiger partial charge in [0, 0.05) is 34.8 Å². The zero-order valence-electron chi connectivity index (χ0n) is 32.9. The minimum absolute atomic E-state index is 0.0949. The first-order valence-corrected chi connectivity index (χ1v) is 21.1. The Kier molecular flexibility index (Phi) is 7.29. The Morgan fingerprint density at radius 2 is 1.00 bits per heavy atom. The number of furan rings is 1. The number of rotatable bonds is 4. The second-order valence-corrected chi connectivity index (χ2v) is 16.6. The number of allylic oxidation sites excluding steroid dienone is 1. The number of hydrogen-bond acceptors (Lipinski definition) is 2. The van der Waals surface area contributed by atoms with Crippen LogP contribution >= 0.6 is 0 Å². The molecule has 0 saturated heterocycles. The van der Waals surface area contributed by atoms with Crippen LogP contribution in [0.2, 0.25) is 0 Å². The summed E-state index contributed by atoms with van der Waals surface area (Å²) in [6.07, 6.45) is 8.72. The Bertz CT molecular complexity index is 3600. The maximum atomic E-state index is 6.61. The van der Waals surface area contributed by atoms with Gasteiger partial charge in [0.1, 0.15) is 23.0 Å². The molecule has 1 aliphatic heterocycles. The van der Waals surface area contributed by atoms with Crippen LogP contribution in [0.5, 0.6) is 5.75 Å². The first-order valence-electron chi connectivity index (χ1n) is 21.1. The van der Waals surface area contributed by atoms with Gasteiger partial charge in [-0.1, -0.05) is 146 Å². The molecule has 3 aliphatic rings. The first-order chi connectivity index (χ1) is 29.7. The van der Waals surface area contributed by atoms with Crippen LogP contribution < -0.4 is 15.4 Å². The summed E-state index contributed by atoms with van der Waals surface area (Å²) in [5.74, 6) is 2.12. The molecule has 2 atom stereocenters. The molecule has 0 radical (unpaired) electrons. The van der Waals surface area contributed by atoms with Gasteiger partial charge >= 0.3 is 0 Å². The molecule has 0 spiro atoms. The molecule has 10 aromatic rings. The van der Waals surface area contributed by atoms with Crippen molar-refractivity contribution in [3.63, 3.8) is 0 Å². The largest absolute Gasteiger partial charge is 0.485 e. The van der Waals surface area contributed by atoms with Gasteiger partial charge in [0.2, 0.25) is 0 Å². The van der Waals surface area contributed by atoms with Gasteiger partial charge in [-0.05, 0) is 137 Å². The van der Waals surface area contributed by atoms with Gasteiger partial charge in [0.15, 0.2) is 0 Å². The summed E-state index contributed by atoms with van der Waals surface area (Å²) in [4.78, 5) is 0. The molecule has 13 rings (SSSR count). The van der Waals surface area contributed by atoms with E-state index in [1.54, 1.807) is 0 Å². The zero-order valence-corrected chi connectivity index (χ0v) is 32.9. The standard InChI is InChI=1S/C58H38O2/c1-3-17-43-41(11-1)31-49(47-21-7-5-19-45(43)47)39-15-9-13-35(27-39)37-23-25-55-51(29-37)53-33-54-52-30-38(24-26-56(52)60-58(54)34-57(53)59-55)36-14-10-16-40(28-36)50-32-42-12-2-4-18-44(42)46-20-6-8-22-48(46)50/h1-23,25,27-34,53,57H,24,26H2. The van der Waals surface area contributed by atoms with E-state index in [1.165, 1.54) is 104 Å². The van der Waals surface area contributed by atoms with Gasteiger partial charge < -0.3 is 9.15 Å². The van der Waals surface area contributed by atoms with Crippen LogP contribution in [-0.4, -0.2) is 6.10 Å². The summed E-state index contributed by atoms with van der Waals surface area (Å²) < 4.78 is 13.2. The third kappa shape index (κ3) is 5.20. The Morgan fingerprint density at radius 1 is 0.433 bits per heavy atom. The molecular formula is C58H38O2. The maximum absolute atomic E-state index is 6.61. The van der Waals surface area contributed by atoms with E-state index in [-0.39, 0.29) is 12.0 Å². The van der Waals surface area contributed by atoms with Gasteiger partial charge in [-0.15, -0.1) is 0 Å². The molecule has 2 aliphatic carbocycles. The molecule has 2 unspecified atom stereocenters. The van der Waals surface area contributed by atoms with Crippen LogP contribution in [0.4, 0.5) is 0 Å². The van der Waals surface area contributed by atoms with Gasteiger partial charge in [-0.2, -0.15) is 0 Å². The highest BCUT2D eigenvalue weighted by Gasteiger charge is 2.35. The summed E-state index contributed by atoms with van der Waals surface area (Å²) in [7, 11) is 0. The van der Waals surface area contributed by atoms with Crippen LogP contribution in [0.1, 0.15) is 34.8 Å². The molecule has 282 valence electrons. The SMILES string of the molecule is C1=C(c2cccc(-c3cc4ccccc4c4ccccc34)c2)CCc2oc3c(c21)=CC1c2cc(-c4cccc(-c5cc6ccccc6c6ccccc56)c4)ccc2OC1C=3. The molecule has 9 aromatic carbocycles. The third-order valence-electron chi connectivity index (χ3n) is 13.3. The Morgan fingerprint density at radius 3 is 1.68 bits per heavy atom. The van der Waals surface area contributed by atoms with E-state index < -0.39 is 0 Å². The highest BCUT2D eigenvalue weighted by Crippen LogP contribution is 2.44. The molecule has 1 aromatic heterocycles. The van der Waals surface area contributed by atoms with E-state index in [0.717, 1.165) is 29.8 Å². The second-order valence-electron chi connectivity index (χ2n) is 16.6. The molecular weight excluding hydrogens is 729 g/mol. The lowest BCUT2D eigenvalue weighted by atomic mass is 9.86. The fourth-order valence-electron chi connectivity index (χ4n) is 10.4. The van der Waals surface area contributed by atoms with Gasteiger partial charge in [0.25, 0.3) is 0 Å². The summed E-state index contributed by atoms with van der Waals surface area (Å²) in [6, 6.07) is 64.5. The minimum atomic E-state index is -0.0949. The Labute approximate surface area is 347 Å². The second kappa shape index (κ2) is 13.0. The van der Waals surface area contributed by atoms with Crippen molar-refractivity contribution in [2.45, 2.75) is 24.9 Å². The monoisotopic (exact) mass is 766 g/mol. The summed E-state index contributed by atoms with van der Waals surface area (Å²) in [5.41, 5.74) is 13.4. The number of ether oxygens (including phenoxy) is 1. The highest BCUT2D eigenvalue weighted by atomic mass is 16.5. The zero-order chi connectivity index (χ0) is 39.3. The van der Waals surface area contributed by atoms with E-state index in [2.05, 4.69) is 194 Å². The summed E-state index contributed by atoms with van der Waals surface area (Å²) >= 11 is 0. The number of hydrogen-bond donors (Lipinski definition) is 0. The van der Waals surface area contributed by atoms with Crippen molar-refractivity contribution < 1.29 is 9.15 Å². The molecule has 2 heterocycles. The van der Waals surface area contributed by atoms with E-state index in [0.29, 0.717) is 0 Å². The van der Waals surface area contributed by atoms with Crippen molar-refractivity contribution in [1.29, 1.82) is 0 Å². The van der Waals surface area contributed by atoms with Crippen molar-refractivity contribution in [1.82, 2.24) is 0 Å². The molecule has 0 N–H and O–H groups in total. The molecule has 0 saturated carbocycles. The van der Waals surface area contributed by atoms with Gasteiger partial charge in [0.05, 0.1) is 0 Å². The van der Waals surface area contributed by atoms with Crippen molar-refractivity contribution in [3.05, 3.63) is 209 Å². The van der Waals surface area contributed by atoms with E-state index in [9.17, 15) is 0 Å². The quantitative estimate of drug-likeness (QED) is 0.166. The molecule has 2 heteroatoms. The average Bonchev–Trinajstić information content (AvgIpc) is 3.86. The van der Waals surface area contributed by atoms with Crippen LogP contribution in [0.25, 0.3) is 100 Å². The molecule has 0 amide bonds. The molecule has 0 bridgehead atoms. The van der Waals surface area contributed by atoms with Crippen molar-refractivity contribution in [2.75, 3.05) is 0 Å². The lowest BCUT2D eigenvalue weighted by Crippen LogP contribution is -2.33. The van der Waals surface area contributed by atoms with Crippen LogP contribution in [0.3, 0.4) is 0 Å². The molecule has 2 nitrogen and oxygen atoms in total.